The predicted octanol–water partition coefficient (Wildman–Crippen LogP) is 2.23. The highest BCUT2D eigenvalue weighted by atomic mass is 35.5. The summed E-state index contributed by atoms with van der Waals surface area (Å²) in [6.45, 7) is 2.08. The lowest BCUT2D eigenvalue weighted by Crippen LogP contribution is -2.44. The maximum absolute atomic E-state index is 11.8. The summed E-state index contributed by atoms with van der Waals surface area (Å²) in [6, 6.07) is 4.12. The molecule has 0 saturated carbocycles. The van der Waals surface area contributed by atoms with Crippen molar-refractivity contribution in [2.45, 2.75) is 19.4 Å². The van der Waals surface area contributed by atoms with Gasteiger partial charge in [-0.2, -0.15) is 0 Å². The summed E-state index contributed by atoms with van der Waals surface area (Å²) in [7, 11) is 1.26. The van der Waals surface area contributed by atoms with Gasteiger partial charge in [0.2, 0.25) is 5.91 Å². The molecule has 0 radical (unpaired) electrons. The Morgan fingerprint density at radius 3 is 2.62 bits per heavy atom. The fourth-order valence-electron chi connectivity index (χ4n) is 1.67. The number of ether oxygens (including phenoxy) is 2. The Morgan fingerprint density at radius 2 is 2.05 bits per heavy atom. The first-order valence-corrected chi connectivity index (χ1v) is 7.12. The number of methoxy groups -OCH3 is 1. The van der Waals surface area contributed by atoms with E-state index in [-0.39, 0.29) is 13.0 Å². The van der Waals surface area contributed by atoms with E-state index in [4.69, 9.17) is 27.9 Å². The molecule has 0 aliphatic rings. The Balaban J connectivity index is 2.78. The molecule has 0 aliphatic heterocycles. The van der Waals surface area contributed by atoms with E-state index in [9.17, 15) is 9.59 Å². The van der Waals surface area contributed by atoms with Gasteiger partial charge in [0, 0.05) is 23.1 Å². The highest BCUT2D eigenvalue weighted by molar-refractivity contribution is 6.35. The van der Waals surface area contributed by atoms with Gasteiger partial charge in [-0.3, -0.25) is 4.79 Å². The first-order valence-electron chi connectivity index (χ1n) is 6.36. The molecule has 1 rings (SSSR count). The SMILES string of the molecule is CCOCC(=O)N[C@@H](Cc1ccc(Cl)cc1Cl)C(=O)OC. The molecule has 0 spiro atoms. The van der Waals surface area contributed by atoms with Crippen LogP contribution in [0.15, 0.2) is 18.2 Å². The fraction of sp³-hybridized carbons (Fsp3) is 0.429. The largest absolute Gasteiger partial charge is 0.467 e. The topological polar surface area (TPSA) is 64.6 Å². The van der Waals surface area contributed by atoms with E-state index in [0.29, 0.717) is 22.2 Å². The number of hydrogen-bond donors (Lipinski definition) is 1. The number of carbonyl (C=O) groups is 2. The summed E-state index contributed by atoms with van der Waals surface area (Å²) in [5.74, 6) is -0.941. The van der Waals surface area contributed by atoms with E-state index in [1.54, 1.807) is 25.1 Å². The number of halogens is 2. The Bertz CT molecular complexity index is 508. The predicted molar refractivity (Wildman–Crippen MR) is 80.6 cm³/mol. The Morgan fingerprint density at radius 1 is 1.33 bits per heavy atom. The number of nitrogens with one attached hydrogen (secondary N) is 1. The zero-order chi connectivity index (χ0) is 15.8. The number of amides is 1. The van der Waals surface area contributed by atoms with Gasteiger partial charge in [-0.15, -0.1) is 0 Å². The summed E-state index contributed by atoms with van der Waals surface area (Å²) in [6.07, 6.45) is 0.209. The van der Waals surface area contributed by atoms with Crippen LogP contribution in [0.3, 0.4) is 0 Å². The lowest BCUT2D eigenvalue weighted by Gasteiger charge is -2.17. The Hall–Kier alpha value is -1.30. The molecule has 0 bridgehead atoms. The van der Waals surface area contributed by atoms with Crippen molar-refractivity contribution in [1.29, 1.82) is 0 Å². The van der Waals surface area contributed by atoms with Crippen LogP contribution in [0.4, 0.5) is 0 Å². The molecule has 1 N–H and O–H groups in total. The molecule has 0 heterocycles. The molecule has 1 amide bonds. The Labute approximate surface area is 133 Å². The van der Waals surface area contributed by atoms with E-state index >= 15 is 0 Å². The van der Waals surface area contributed by atoms with Crippen LogP contribution in [0.25, 0.3) is 0 Å². The van der Waals surface area contributed by atoms with Crippen LogP contribution >= 0.6 is 23.2 Å². The zero-order valence-corrected chi connectivity index (χ0v) is 13.3. The first-order chi connectivity index (χ1) is 9.97. The quantitative estimate of drug-likeness (QED) is 0.777. The second-order valence-electron chi connectivity index (χ2n) is 4.22. The van der Waals surface area contributed by atoms with Crippen molar-refractivity contribution in [3.63, 3.8) is 0 Å². The normalized spacial score (nSPS) is 11.8. The highest BCUT2D eigenvalue weighted by Crippen LogP contribution is 2.22. The standard InChI is InChI=1S/C14H17Cl2NO4/c1-3-21-8-13(18)17-12(14(19)20-2)6-9-4-5-10(15)7-11(9)16/h4-5,7,12H,3,6,8H2,1-2H3,(H,17,18)/t12-/m0/s1. The molecule has 116 valence electrons. The molecule has 21 heavy (non-hydrogen) atoms. The number of esters is 1. The van der Waals surface area contributed by atoms with Crippen molar-refractivity contribution in [1.82, 2.24) is 5.32 Å². The van der Waals surface area contributed by atoms with Gasteiger partial charge in [-0.1, -0.05) is 29.3 Å². The van der Waals surface area contributed by atoms with Crippen molar-refractivity contribution in [3.05, 3.63) is 33.8 Å². The number of carbonyl (C=O) groups excluding carboxylic acids is 2. The summed E-state index contributed by atoms with van der Waals surface area (Å²) in [4.78, 5) is 23.4. The third kappa shape index (κ3) is 5.91. The van der Waals surface area contributed by atoms with Gasteiger partial charge in [0.15, 0.2) is 0 Å². The fourth-order valence-corrected chi connectivity index (χ4v) is 2.16. The van der Waals surface area contributed by atoms with Crippen LogP contribution in [-0.4, -0.2) is 38.2 Å². The molecule has 1 aromatic carbocycles. The second kappa shape index (κ2) is 8.87. The average Bonchev–Trinajstić information content (AvgIpc) is 2.46. The van der Waals surface area contributed by atoms with Crippen molar-refractivity contribution < 1.29 is 19.1 Å². The van der Waals surface area contributed by atoms with Gasteiger partial charge < -0.3 is 14.8 Å². The van der Waals surface area contributed by atoms with Gasteiger partial charge >= 0.3 is 5.97 Å². The molecule has 0 saturated heterocycles. The van der Waals surface area contributed by atoms with Gasteiger partial charge in [0.05, 0.1) is 7.11 Å². The summed E-state index contributed by atoms with van der Waals surface area (Å²) in [5, 5.41) is 3.49. The molecule has 0 unspecified atom stereocenters. The van der Waals surface area contributed by atoms with E-state index < -0.39 is 17.9 Å². The van der Waals surface area contributed by atoms with Gasteiger partial charge in [-0.05, 0) is 24.6 Å². The summed E-state index contributed by atoms with van der Waals surface area (Å²) < 4.78 is 9.68. The van der Waals surface area contributed by atoms with Crippen molar-refractivity contribution in [2.24, 2.45) is 0 Å². The van der Waals surface area contributed by atoms with Crippen molar-refractivity contribution in [2.75, 3.05) is 20.3 Å². The van der Waals surface area contributed by atoms with Crippen LogP contribution in [0.5, 0.6) is 0 Å². The maximum Gasteiger partial charge on any atom is 0.328 e. The van der Waals surface area contributed by atoms with Crippen LogP contribution in [0, 0.1) is 0 Å². The monoisotopic (exact) mass is 333 g/mol. The first kappa shape index (κ1) is 17.8. The van der Waals surface area contributed by atoms with Crippen LogP contribution in [0.2, 0.25) is 10.0 Å². The summed E-state index contributed by atoms with van der Waals surface area (Å²) in [5.41, 5.74) is 0.688. The lowest BCUT2D eigenvalue weighted by molar-refractivity contribution is -0.145. The maximum atomic E-state index is 11.8. The average molecular weight is 334 g/mol. The van der Waals surface area contributed by atoms with Crippen LogP contribution < -0.4 is 5.32 Å². The zero-order valence-electron chi connectivity index (χ0n) is 11.8. The minimum absolute atomic E-state index is 0.113. The smallest absolute Gasteiger partial charge is 0.328 e. The number of rotatable bonds is 7. The third-order valence-corrected chi connectivity index (χ3v) is 3.28. The van der Waals surface area contributed by atoms with Crippen LogP contribution in [0.1, 0.15) is 12.5 Å². The Kier molecular flexibility index (Phi) is 7.50. The molecule has 5 nitrogen and oxygen atoms in total. The van der Waals surface area contributed by atoms with Crippen molar-refractivity contribution >= 4 is 35.1 Å². The van der Waals surface area contributed by atoms with E-state index in [1.807, 2.05) is 0 Å². The highest BCUT2D eigenvalue weighted by Gasteiger charge is 2.23. The van der Waals surface area contributed by atoms with E-state index in [2.05, 4.69) is 10.1 Å². The van der Waals surface area contributed by atoms with Gasteiger partial charge in [-0.25, -0.2) is 4.79 Å². The van der Waals surface area contributed by atoms with Gasteiger partial charge in [0.1, 0.15) is 12.6 Å². The molecule has 1 aromatic rings. The van der Waals surface area contributed by atoms with Gasteiger partial charge in [0.25, 0.3) is 0 Å². The minimum Gasteiger partial charge on any atom is -0.467 e. The molecule has 7 heteroatoms. The molecular formula is C14H17Cl2NO4. The number of hydrogen-bond acceptors (Lipinski definition) is 4. The number of benzene rings is 1. The molecular weight excluding hydrogens is 317 g/mol. The minimum atomic E-state index is -0.832. The van der Waals surface area contributed by atoms with E-state index in [0.717, 1.165) is 0 Å². The van der Waals surface area contributed by atoms with Crippen molar-refractivity contribution in [3.8, 4) is 0 Å². The third-order valence-electron chi connectivity index (χ3n) is 2.70. The lowest BCUT2D eigenvalue weighted by atomic mass is 10.1. The van der Waals surface area contributed by atoms with Crippen LogP contribution in [-0.2, 0) is 25.5 Å². The summed E-state index contributed by atoms with van der Waals surface area (Å²) >= 11 is 11.9. The van der Waals surface area contributed by atoms with E-state index in [1.165, 1.54) is 7.11 Å². The second-order valence-corrected chi connectivity index (χ2v) is 5.06. The molecule has 1 atom stereocenters. The molecule has 0 aromatic heterocycles. The molecule has 0 aliphatic carbocycles. The molecule has 0 fully saturated rings.